The van der Waals surface area contributed by atoms with Crippen molar-refractivity contribution in [3.05, 3.63) is 65.7 Å². The third-order valence-electron chi connectivity index (χ3n) is 3.43. The number of benzene rings is 2. The van der Waals surface area contributed by atoms with Crippen molar-refractivity contribution < 1.29 is 17.2 Å². The first kappa shape index (κ1) is 17.6. The summed E-state index contributed by atoms with van der Waals surface area (Å²) in [5, 5.41) is 0. The lowest BCUT2D eigenvalue weighted by atomic mass is 10.2. The van der Waals surface area contributed by atoms with Crippen LogP contribution in [0.2, 0.25) is 0 Å². The second-order valence-electron chi connectivity index (χ2n) is 5.35. The van der Waals surface area contributed by atoms with Crippen LogP contribution in [-0.2, 0) is 16.6 Å². The number of aryl methyl sites for hydroxylation is 1. The number of rotatable bonds is 7. The smallest absolute Gasteiger partial charge is 0.243 e. The standard InChI is InChI=1S/C17H19F2NO2S/c1-14-7-9-17(10-8-14)23(21,22)20(13-16(19)11-18)12-15-5-3-2-4-6-15/h2-10,16H,11-13H2,1H3. The molecule has 0 fully saturated rings. The molecule has 0 N–H and O–H groups in total. The number of alkyl halides is 2. The Morgan fingerprint density at radius 2 is 1.65 bits per heavy atom. The van der Waals surface area contributed by atoms with E-state index in [2.05, 4.69) is 0 Å². The molecule has 0 amide bonds. The van der Waals surface area contributed by atoms with E-state index in [1.54, 1.807) is 36.4 Å². The molecule has 0 saturated carbocycles. The Kier molecular flexibility index (Phi) is 5.85. The van der Waals surface area contributed by atoms with Gasteiger partial charge in [0.05, 0.1) is 4.90 Å². The lowest BCUT2D eigenvalue weighted by Crippen LogP contribution is -2.36. The maximum Gasteiger partial charge on any atom is 0.243 e. The molecule has 0 radical (unpaired) electrons. The zero-order chi connectivity index (χ0) is 16.9. The predicted octanol–water partition coefficient (Wildman–Crippen LogP) is 3.49. The maximum absolute atomic E-state index is 13.5. The van der Waals surface area contributed by atoms with Crippen LogP contribution in [0.4, 0.5) is 8.78 Å². The molecule has 2 aromatic rings. The first-order chi connectivity index (χ1) is 10.9. The van der Waals surface area contributed by atoms with Gasteiger partial charge in [0.25, 0.3) is 0 Å². The molecule has 0 aliphatic rings. The Labute approximate surface area is 135 Å². The van der Waals surface area contributed by atoms with Crippen molar-refractivity contribution in [1.82, 2.24) is 4.31 Å². The van der Waals surface area contributed by atoms with Crippen LogP contribution < -0.4 is 0 Å². The fourth-order valence-corrected chi connectivity index (χ4v) is 3.62. The predicted molar refractivity (Wildman–Crippen MR) is 86.1 cm³/mol. The average molecular weight is 339 g/mol. The summed E-state index contributed by atoms with van der Waals surface area (Å²) in [5.41, 5.74) is 1.64. The van der Waals surface area contributed by atoms with Crippen LogP contribution in [0.15, 0.2) is 59.5 Å². The molecular weight excluding hydrogens is 320 g/mol. The van der Waals surface area contributed by atoms with Crippen LogP contribution in [0, 0.1) is 6.92 Å². The van der Waals surface area contributed by atoms with Crippen molar-refractivity contribution in [2.24, 2.45) is 0 Å². The van der Waals surface area contributed by atoms with Gasteiger partial charge < -0.3 is 0 Å². The van der Waals surface area contributed by atoms with E-state index in [1.165, 1.54) is 12.1 Å². The van der Waals surface area contributed by atoms with E-state index < -0.39 is 29.4 Å². The van der Waals surface area contributed by atoms with E-state index in [9.17, 15) is 17.2 Å². The van der Waals surface area contributed by atoms with Gasteiger partial charge in [0.2, 0.25) is 10.0 Å². The van der Waals surface area contributed by atoms with Crippen molar-refractivity contribution >= 4 is 10.0 Å². The maximum atomic E-state index is 13.5. The summed E-state index contributed by atoms with van der Waals surface area (Å²) in [4.78, 5) is 0.0742. The van der Waals surface area contributed by atoms with Crippen LogP contribution in [0.1, 0.15) is 11.1 Å². The van der Waals surface area contributed by atoms with Crippen LogP contribution in [0.25, 0.3) is 0 Å². The summed E-state index contributed by atoms with van der Waals surface area (Å²) >= 11 is 0. The van der Waals surface area contributed by atoms with E-state index in [4.69, 9.17) is 0 Å². The molecule has 0 saturated heterocycles. The minimum absolute atomic E-state index is 0.00251. The van der Waals surface area contributed by atoms with Gasteiger partial charge >= 0.3 is 0 Å². The zero-order valence-electron chi connectivity index (χ0n) is 12.8. The molecule has 0 heterocycles. The van der Waals surface area contributed by atoms with Crippen molar-refractivity contribution in [3.8, 4) is 0 Å². The van der Waals surface area contributed by atoms with Crippen molar-refractivity contribution in [2.75, 3.05) is 13.2 Å². The van der Waals surface area contributed by atoms with Crippen molar-refractivity contribution in [3.63, 3.8) is 0 Å². The van der Waals surface area contributed by atoms with Crippen molar-refractivity contribution in [1.29, 1.82) is 0 Å². The van der Waals surface area contributed by atoms with Gasteiger partial charge in [0.1, 0.15) is 12.8 Å². The van der Waals surface area contributed by atoms with E-state index in [-0.39, 0.29) is 11.4 Å². The highest BCUT2D eigenvalue weighted by Crippen LogP contribution is 2.20. The molecule has 1 atom stereocenters. The van der Waals surface area contributed by atoms with E-state index in [0.717, 1.165) is 9.87 Å². The molecule has 0 aliphatic carbocycles. The first-order valence-electron chi connectivity index (χ1n) is 7.24. The molecule has 3 nitrogen and oxygen atoms in total. The molecule has 1 unspecified atom stereocenters. The second-order valence-corrected chi connectivity index (χ2v) is 7.29. The molecule has 6 heteroatoms. The SMILES string of the molecule is Cc1ccc(S(=O)(=O)N(Cc2ccccc2)CC(F)CF)cc1. The number of nitrogens with zero attached hydrogens (tertiary/aromatic N) is 1. The van der Waals surface area contributed by atoms with Crippen LogP contribution in [-0.4, -0.2) is 32.1 Å². The van der Waals surface area contributed by atoms with Crippen LogP contribution >= 0.6 is 0 Å². The molecule has 0 aliphatic heterocycles. The number of hydrogen-bond acceptors (Lipinski definition) is 2. The average Bonchev–Trinajstić information content (AvgIpc) is 2.55. The van der Waals surface area contributed by atoms with Gasteiger partial charge in [-0.15, -0.1) is 0 Å². The lowest BCUT2D eigenvalue weighted by molar-refractivity contribution is 0.213. The highest BCUT2D eigenvalue weighted by Gasteiger charge is 2.27. The summed E-state index contributed by atoms with van der Waals surface area (Å²) < 4.78 is 52.5. The Bertz CT molecular complexity index is 718. The second kappa shape index (κ2) is 7.66. The Hall–Kier alpha value is -1.79. The summed E-state index contributed by atoms with van der Waals surface area (Å²) in [5.74, 6) is 0. The quantitative estimate of drug-likeness (QED) is 0.774. The Balaban J connectivity index is 2.33. The molecule has 0 bridgehead atoms. The molecule has 2 rings (SSSR count). The van der Waals surface area contributed by atoms with Crippen LogP contribution in [0.5, 0.6) is 0 Å². The Morgan fingerprint density at radius 3 is 2.22 bits per heavy atom. The third-order valence-corrected chi connectivity index (χ3v) is 5.26. The topological polar surface area (TPSA) is 37.4 Å². The molecule has 2 aromatic carbocycles. The van der Waals surface area contributed by atoms with Gasteiger partial charge in [-0.3, -0.25) is 0 Å². The lowest BCUT2D eigenvalue weighted by Gasteiger charge is -2.23. The molecule has 124 valence electrons. The van der Waals surface area contributed by atoms with Gasteiger partial charge in [-0.25, -0.2) is 17.2 Å². The fourth-order valence-electron chi connectivity index (χ4n) is 2.16. The van der Waals surface area contributed by atoms with Gasteiger partial charge in [0, 0.05) is 13.1 Å². The molecule has 0 spiro atoms. The van der Waals surface area contributed by atoms with E-state index in [1.807, 2.05) is 13.0 Å². The number of hydrogen-bond donors (Lipinski definition) is 0. The fraction of sp³-hybridized carbons (Fsp3) is 0.294. The van der Waals surface area contributed by atoms with Gasteiger partial charge in [-0.2, -0.15) is 4.31 Å². The van der Waals surface area contributed by atoms with Crippen molar-refractivity contribution in [2.45, 2.75) is 24.5 Å². The highest BCUT2D eigenvalue weighted by atomic mass is 32.2. The monoisotopic (exact) mass is 339 g/mol. The Morgan fingerprint density at radius 1 is 1.04 bits per heavy atom. The van der Waals surface area contributed by atoms with Crippen LogP contribution in [0.3, 0.4) is 0 Å². The number of halogens is 2. The minimum atomic E-state index is -3.89. The van der Waals surface area contributed by atoms with E-state index >= 15 is 0 Å². The first-order valence-corrected chi connectivity index (χ1v) is 8.68. The minimum Gasteiger partial charge on any atom is -0.248 e. The van der Waals surface area contributed by atoms with Gasteiger partial charge in [0.15, 0.2) is 0 Å². The number of sulfonamides is 1. The summed E-state index contributed by atoms with van der Waals surface area (Å²) in [6.45, 7) is 0.118. The molecule has 23 heavy (non-hydrogen) atoms. The van der Waals surface area contributed by atoms with Gasteiger partial charge in [-0.1, -0.05) is 48.0 Å². The zero-order valence-corrected chi connectivity index (χ0v) is 13.6. The normalized spacial score (nSPS) is 13.2. The van der Waals surface area contributed by atoms with E-state index in [0.29, 0.717) is 5.56 Å². The molecule has 0 aromatic heterocycles. The third kappa shape index (κ3) is 4.59. The summed E-state index contributed by atoms with van der Waals surface area (Å²) in [6.07, 6.45) is -1.85. The molecular formula is C17H19F2NO2S. The largest absolute Gasteiger partial charge is 0.248 e. The van der Waals surface area contributed by atoms with Gasteiger partial charge in [-0.05, 0) is 24.6 Å². The highest BCUT2D eigenvalue weighted by molar-refractivity contribution is 7.89. The summed E-state index contributed by atoms with van der Waals surface area (Å²) in [6, 6.07) is 15.2. The summed E-state index contributed by atoms with van der Waals surface area (Å²) in [7, 11) is -3.89.